The van der Waals surface area contributed by atoms with Crippen molar-refractivity contribution in [2.75, 3.05) is 0 Å². The average Bonchev–Trinajstić information content (AvgIpc) is 2.72. The molecule has 0 aliphatic heterocycles. The quantitative estimate of drug-likeness (QED) is 0.534. The second-order valence-corrected chi connectivity index (χ2v) is 6.35. The minimum absolute atomic E-state index is 0.760. The molecular formula is C13H7ClINS. The highest BCUT2D eigenvalue weighted by molar-refractivity contribution is 14.1. The summed E-state index contributed by atoms with van der Waals surface area (Å²) in [5.41, 5.74) is 2.17. The first-order valence-corrected chi connectivity index (χ1v) is 7.32. The summed E-state index contributed by atoms with van der Waals surface area (Å²) in [5, 5.41) is 1.80. The summed E-state index contributed by atoms with van der Waals surface area (Å²) in [4.78, 5) is 4.62. The smallest absolute Gasteiger partial charge is 0.124 e. The minimum Gasteiger partial charge on any atom is -0.236 e. The van der Waals surface area contributed by atoms with E-state index >= 15 is 0 Å². The van der Waals surface area contributed by atoms with Crippen LogP contribution in [0.15, 0.2) is 42.5 Å². The summed E-state index contributed by atoms with van der Waals surface area (Å²) < 4.78 is 2.35. The fourth-order valence-electron chi connectivity index (χ4n) is 1.64. The molecule has 0 unspecified atom stereocenters. The lowest BCUT2D eigenvalue weighted by Gasteiger charge is -1.95. The molecule has 0 bridgehead atoms. The molecule has 4 heteroatoms. The van der Waals surface area contributed by atoms with Gasteiger partial charge in [-0.2, -0.15) is 0 Å². The normalized spacial score (nSPS) is 10.9. The first-order valence-electron chi connectivity index (χ1n) is 5.04. The van der Waals surface area contributed by atoms with Crippen LogP contribution in [0.3, 0.4) is 0 Å². The van der Waals surface area contributed by atoms with Crippen molar-refractivity contribution < 1.29 is 0 Å². The number of fused-ring (bicyclic) bond motifs is 1. The fraction of sp³-hybridized carbons (Fsp3) is 0. The molecule has 17 heavy (non-hydrogen) atoms. The van der Waals surface area contributed by atoms with E-state index in [9.17, 15) is 0 Å². The molecule has 0 aliphatic carbocycles. The maximum Gasteiger partial charge on any atom is 0.124 e. The van der Waals surface area contributed by atoms with Crippen LogP contribution in [0.4, 0.5) is 0 Å². The SMILES string of the molecule is Clc1ccc2nc(-c3cccc(I)c3)sc2c1. The molecule has 0 aliphatic rings. The number of hydrogen-bond donors (Lipinski definition) is 0. The molecular weight excluding hydrogens is 365 g/mol. The molecule has 0 amide bonds. The van der Waals surface area contributed by atoms with Crippen LogP contribution in [0, 0.1) is 3.57 Å². The van der Waals surface area contributed by atoms with Crippen LogP contribution in [0.2, 0.25) is 5.02 Å². The fourth-order valence-corrected chi connectivity index (χ4v) is 3.42. The van der Waals surface area contributed by atoms with Gasteiger partial charge in [0.2, 0.25) is 0 Å². The highest BCUT2D eigenvalue weighted by Crippen LogP contribution is 2.32. The van der Waals surface area contributed by atoms with E-state index in [2.05, 4.69) is 51.8 Å². The van der Waals surface area contributed by atoms with Crippen LogP contribution in [-0.2, 0) is 0 Å². The van der Waals surface area contributed by atoms with Crippen LogP contribution in [0.1, 0.15) is 0 Å². The van der Waals surface area contributed by atoms with E-state index in [4.69, 9.17) is 11.6 Å². The molecule has 0 atom stereocenters. The number of aromatic nitrogens is 1. The van der Waals surface area contributed by atoms with Crippen molar-refractivity contribution >= 4 is 55.7 Å². The van der Waals surface area contributed by atoms with Crippen molar-refractivity contribution in [3.63, 3.8) is 0 Å². The van der Waals surface area contributed by atoms with Crippen LogP contribution < -0.4 is 0 Å². The molecule has 1 heterocycles. The molecule has 0 fully saturated rings. The number of benzene rings is 2. The molecule has 84 valence electrons. The van der Waals surface area contributed by atoms with E-state index < -0.39 is 0 Å². The summed E-state index contributed by atoms with van der Waals surface area (Å²) in [6, 6.07) is 14.2. The Labute approximate surface area is 122 Å². The summed E-state index contributed by atoms with van der Waals surface area (Å²) in [6.45, 7) is 0. The van der Waals surface area contributed by atoms with E-state index in [-0.39, 0.29) is 0 Å². The molecule has 0 spiro atoms. The highest BCUT2D eigenvalue weighted by Gasteiger charge is 2.06. The van der Waals surface area contributed by atoms with Gasteiger partial charge in [-0.05, 0) is 52.9 Å². The molecule has 3 aromatic rings. The van der Waals surface area contributed by atoms with Gasteiger partial charge in [0, 0.05) is 14.2 Å². The van der Waals surface area contributed by atoms with Gasteiger partial charge in [-0.1, -0.05) is 23.7 Å². The zero-order valence-corrected chi connectivity index (χ0v) is 12.4. The molecule has 2 aromatic carbocycles. The Morgan fingerprint density at radius 3 is 2.82 bits per heavy atom. The molecule has 3 rings (SSSR count). The molecule has 0 saturated heterocycles. The predicted molar refractivity (Wildman–Crippen MR) is 82.8 cm³/mol. The molecule has 0 saturated carbocycles. The van der Waals surface area contributed by atoms with E-state index in [1.54, 1.807) is 11.3 Å². The molecule has 0 N–H and O–H groups in total. The third-order valence-electron chi connectivity index (χ3n) is 2.42. The lowest BCUT2D eigenvalue weighted by Crippen LogP contribution is -1.76. The van der Waals surface area contributed by atoms with Gasteiger partial charge in [-0.25, -0.2) is 4.98 Å². The van der Waals surface area contributed by atoms with Gasteiger partial charge >= 0.3 is 0 Å². The van der Waals surface area contributed by atoms with E-state index in [0.717, 1.165) is 25.8 Å². The van der Waals surface area contributed by atoms with Crippen molar-refractivity contribution in [1.29, 1.82) is 0 Å². The number of thiazole rings is 1. The first kappa shape index (κ1) is 11.4. The van der Waals surface area contributed by atoms with Crippen LogP contribution >= 0.6 is 45.5 Å². The summed E-state index contributed by atoms with van der Waals surface area (Å²) in [5.74, 6) is 0. The van der Waals surface area contributed by atoms with Crippen molar-refractivity contribution in [2.24, 2.45) is 0 Å². The summed E-state index contributed by atoms with van der Waals surface area (Å²) in [6.07, 6.45) is 0. The standard InChI is InChI=1S/C13H7ClINS/c14-9-4-5-11-12(7-9)17-13(16-11)8-2-1-3-10(15)6-8/h1-7H. The topological polar surface area (TPSA) is 12.9 Å². The Morgan fingerprint density at radius 1 is 1.12 bits per heavy atom. The third-order valence-corrected chi connectivity index (χ3v) is 4.40. The molecule has 0 radical (unpaired) electrons. The van der Waals surface area contributed by atoms with E-state index in [1.165, 1.54) is 3.57 Å². The number of nitrogens with zero attached hydrogens (tertiary/aromatic N) is 1. The third kappa shape index (κ3) is 2.32. The Balaban J connectivity index is 2.18. The van der Waals surface area contributed by atoms with Gasteiger partial charge in [-0.3, -0.25) is 0 Å². The average molecular weight is 372 g/mol. The molecule has 1 nitrogen and oxygen atoms in total. The van der Waals surface area contributed by atoms with Crippen LogP contribution in [0.25, 0.3) is 20.8 Å². The number of halogens is 2. The van der Waals surface area contributed by atoms with Gasteiger partial charge in [0.05, 0.1) is 10.2 Å². The Kier molecular flexibility index (Phi) is 3.06. The van der Waals surface area contributed by atoms with Crippen molar-refractivity contribution in [2.45, 2.75) is 0 Å². The summed E-state index contributed by atoms with van der Waals surface area (Å²) in [7, 11) is 0. The second-order valence-electron chi connectivity index (χ2n) is 3.64. The minimum atomic E-state index is 0.760. The lowest BCUT2D eigenvalue weighted by atomic mass is 10.2. The highest BCUT2D eigenvalue weighted by atomic mass is 127. The number of rotatable bonds is 1. The van der Waals surface area contributed by atoms with E-state index in [1.807, 2.05) is 18.2 Å². The van der Waals surface area contributed by atoms with Crippen molar-refractivity contribution in [3.05, 3.63) is 51.1 Å². The van der Waals surface area contributed by atoms with Gasteiger partial charge in [0.25, 0.3) is 0 Å². The van der Waals surface area contributed by atoms with Crippen molar-refractivity contribution in [3.8, 4) is 10.6 Å². The summed E-state index contributed by atoms with van der Waals surface area (Å²) >= 11 is 9.96. The first-order chi connectivity index (χ1) is 8.22. The largest absolute Gasteiger partial charge is 0.236 e. The van der Waals surface area contributed by atoms with Crippen LogP contribution in [0.5, 0.6) is 0 Å². The maximum atomic E-state index is 5.98. The van der Waals surface area contributed by atoms with E-state index in [0.29, 0.717) is 0 Å². The second kappa shape index (κ2) is 4.55. The van der Waals surface area contributed by atoms with Gasteiger partial charge in [0.15, 0.2) is 0 Å². The molecule has 1 aromatic heterocycles. The maximum absolute atomic E-state index is 5.98. The van der Waals surface area contributed by atoms with Gasteiger partial charge in [-0.15, -0.1) is 11.3 Å². The lowest BCUT2D eigenvalue weighted by molar-refractivity contribution is 1.47. The van der Waals surface area contributed by atoms with Gasteiger partial charge in [0.1, 0.15) is 5.01 Å². The van der Waals surface area contributed by atoms with Crippen LogP contribution in [-0.4, -0.2) is 4.98 Å². The Morgan fingerprint density at radius 2 is 2.00 bits per heavy atom. The zero-order valence-electron chi connectivity index (χ0n) is 8.65. The zero-order chi connectivity index (χ0) is 11.8. The Bertz CT molecular complexity index is 693. The Hall–Kier alpha value is -0.650. The van der Waals surface area contributed by atoms with Gasteiger partial charge < -0.3 is 0 Å². The number of hydrogen-bond acceptors (Lipinski definition) is 2. The monoisotopic (exact) mass is 371 g/mol. The predicted octanol–water partition coefficient (Wildman–Crippen LogP) is 5.22. The van der Waals surface area contributed by atoms with Crippen molar-refractivity contribution in [1.82, 2.24) is 4.98 Å².